The lowest BCUT2D eigenvalue weighted by atomic mass is 10.0. The van der Waals surface area contributed by atoms with Crippen molar-refractivity contribution >= 4 is 11.6 Å². The minimum atomic E-state index is -0.208. The second-order valence-electron chi connectivity index (χ2n) is 7.75. The first-order valence-electron chi connectivity index (χ1n) is 9.36. The van der Waals surface area contributed by atoms with Crippen LogP contribution in [0, 0.1) is 20.8 Å². The minimum absolute atomic E-state index is 0.0290. The van der Waals surface area contributed by atoms with Gasteiger partial charge in [0.25, 0.3) is 0 Å². The maximum atomic E-state index is 12.7. The molecule has 1 atom stereocenters. The number of nitrogens with one attached hydrogen (secondary N) is 1. The number of anilines is 1. The number of carbonyl (C=O) groups is 1. The molecule has 0 saturated carbocycles. The molecule has 0 aliphatic rings. The molecule has 0 bridgehead atoms. The van der Waals surface area contributed by atoms with E-state index >= 15 is 0 Å². The van der Waals surface area contributed by atoms with E-state index in [1.807, 2.05) is 27.8 Å². The van der Waals surface area contributed by atoms with Crippen molar-refractivity contribution in [3.8, 4) is 0 Å². The van der Waals surface area contributed by atoms with E-state index in [0.717, 1.165) is 23.4 Å². The Labute approximate surface area is 158 Å². The fraction of sp³-hybridized carbons (Fsp3) is 0.435. The molecule has 2 aromatic rings. The van der Waals surface area contributed by atoms with Gasteiger partial charge in [-0.2, -0.15) is 0 Å². The molecule has 0 spiro atoms. The number of benzene rings is 2. The molecular formula is C23H32N2O. The summed E-state index contributed by atoms with van der Waals surface area (Å²) in [7, 11) is 2.00. The molecule has 1 N–H and O–H groups in total. The SMILES string of the molecule is Cc1cc(C)c(NC(=O)[C@H](C)N(C)Cc2ccc(C(C)C)cc2)c(C)c1. The van der Waals surface area contributed by atoms with Crippen molar-refractivity contribution in [3.05, 3.63) is 64.2 Å². The molecule has 3 nitrogen and oxygen atoms in total. The predicted molar refractivity (Wildman–Crippen MR) is 111 cm³/mol. The van der Waals surface area contributed by atoms with Crippen molar-refractivity contribution in [2.75, 3.05) is 12.4 Å². The quantitative estimate of drug-likeness (QED) is 0.775. The first-order valence-corrected chi connectivity index (χ1v) is 9.36. The zero-order chi connectivity index (χ0) is 19.4. The van der Waals surface area contributed by atoms with Gasteiger partial charge in [-0.3, -0.25) is 9.69 Å². The van der Waals surface area contributed by atoms with Crippen LogP contribution in [0.15, 0.2) is 36.4 Å². The molecule has 0 heterocycles. The van der Waals surface area contributed by atoms with Gasteiger partial charge in [-0.25, -0.2) is 0 Å². The van der Waals surface area contributed by atoms with Gasteiger partial charge in [0.05, 0.1) is 6.04 Å². The average molecular weight is 353 g/mol. The van der Waals surface area contributed by atoms with E-state index in [9.17, 15) is 4.79 Å². The first kappa shape index (κ1) is 20.2. The molecule has 2 aromatic carbocycles. The fourth-order valence-electron chi connectivity index (χ4n) is 3.24. The lowest BCUT2D eigenvalue weighted by Gasteiger charge is -2.25. The molecule has 0 saturated heterocycles. The number of amides is 1. The molecule has 140 valence electrons. The van der Waals surface area contributed by atoms with Crippen molar-refractivity contribution in [1.82, 2.24) is 4.90 Å². The van der Waals surface area contributed by atoms with Gasteiger partial charge in [0, 0.05) is 12.2 Å². The van der Waals surface area contributed by atoms with Crippen LogP contribution < -0.4 is 5.32 Å². The fourth-order valence-corrected chi connectivity index (χ4v) is 3.24. The summed E-state index contributed by atoms with van der Waals surface area (Å²) in [5.74, 6) is 0.564. The highest BCUT2D eigenvalue weighted by Crippen LogP contribution is 2.22. The van der Waals surface area contributed by atoms with Crippen LogP contribution in [0.1, 0.15) is 54.5 Å². The molecule has 0 aromatic heterocycles. The van der Waals surface area contributed by atoms with Crippen LogP contribution in [0.3, 0.4) is 0 Å². The molecule has 0 unspecified atom stereocenters. The van der Waals surface area contributed by atoms with Crippen molar-refractivity contribution in [2.45, 2.75) is 60.0 Å². The number of carbonyl (C=O) groups excluding carboxylic acids is 1. The largest absolute Gasteiger partial charge is 0.324 e. The summed E-state index contributed by atoms with van der Waals surface area (Å²) < 4.78 is 0. The molecule has 3 heteroatoms. The molecule has 1 amide bonds. The molecule has 0 aliphatic heterocycles. The predicted octanol–water partition coefficient (Wildman–Crippen LogP) is 5.19. The molecule has 2 rings (SSSR count). The Morgan fingerprint density at radius 2 is 1.54 bits per heavy atom. The Balaban J connectivity index is 2.03. The number of rotatable bonds is 6. The van der Waals surface area contributed by atoms with Crippen LogP contribution in [-0.2, 0) is 11.3 Å². The summed E-state index contributed by atoms with van der Waals surface area (Å²) in [6.07, 6.45) is 0. The number of hydrogen-bond donors (Lipinski definition) is 1. The Morgan fingerprint density at radius 1 is 1.00 bits per heavy atom. The van der Waals surface area contributed by atoms with E-state index in [2.05, 4.69) is 67.4 Å². The van der Waals surface area contributed by atoms with Crippen LogP contribution in [0.4, 0.5) is 5.69 Å². The second-order valence-corrected chi connectivity index (χ2v) is 7.75. The van der Waals surface area contributed by atoms with E-state index in [1.54, 1.807) is 0 Å². The highest BCUT2D eigenvalue weighted by Gasteiger charge is 2.19. The summed E-state index contributed by atoms with van der Waals surface area (Å²) in [5, 5.41) is 3.12. The van der Waals surface area contributed by atoms with Gasteiger partial charge < -0.3 is 5.32 Å². The van der Waals surface area contributed by atoms with Gasteiger partial charge in [-0.1, -0.05) is 55.8 Å². The maximum Gasteiger partial charge on any atom is 0.241 e. The van der Waals surface area contributed by atoms with Crippen LogP contribution in [0.5, 0.6) is 0 Å². The Bertz CT molecular complexity index is 739. The average Bonchev–Trinajstić information content (AvgIpc) is 2.57. The highest BCUT2D eigenvalue weighted by molar-refractivity contribution is 5.95. The third-order valence-electron chi connectivity index (χ3n) is 5.04. The van der Waals surface area contributed by atoms with E-state index in [4.69, 9.17) is 0 Å². The highest BCUT2D eigenvalue weighted by atomic mass is 16.2. The monoisotopic (exact) mass is 352 g/mol. The number of hydrogen-bond acceptors (Lipinski definition) is 2. The van der Waals surface area contributed by atoms with Crippen LogP contribution >= 0.6 is 0 Å². The minimum Gasteiger partial charge on any atom is -0.324 e. The van der Waals surface area contributed by atoms with E-state index in [-0.39, 0.29) is 11.9 Å². The summed E-state index contributed by atoms with van der Waals surface area (Å²) in [5.41, 5.74) is 6.92. The van der Waals surface area contributed by atoms with E-state index in [1.165, 1.54) is 16.7 Å². The third-order valence-corrected chi connectivity index (χ3v) is 5.04. The molecular weight excluding hydrogens is 320 g/mol. The van der Waals surface area contributed by atoms with Crippen molar-refractivity contribution < 1.29 is 4.79 Å². The standard InChI is InChI=1S/C23H32N2O/c1-15(2)21-10-8-20(9-11-21)14-25(7)19(6)23(26)24-22-17(4)12-16(3)13-18(22)5/h8-13,15,19H,14H2,1-7H3,(H,24,26)/t19-/m0/s1. The smallest absolute Gasteiger partial charge is 0.241 e. The van der Waals surface area contributed by atoms with Crippen LogP contribution in [0.25, 0.3) is 0 Å². The third kappa shape index (κ3) is 4.95. The van der Waals surface area contributed by atoms with Crippen LogP contribution in [0.2, 0.25) is 0 Å². The topological polar surface area (TPSA) is 32.3 Å². The zero-order valence-corrected chi connectivity index (χ0v) is 17.2. The molecule has 0 aliphatic carbocycles. The van der Waals surface area contributed by atoms with Gasteiger partial charge in [0.1, 0.15) is 0 Å². The summed E-state index contributed by atoms with van der Waals surface area (Å²) in [4.78, 5) is 14.8. The summed E-state index contributed by atoms with van der Waals surface area (Å²) in [6.45, 7) is 13.3. The molecule has 0 radical (unpaired) electrons. The number of likely N-dealkylation sites (N-methyl/N-ethyl adjacent to an activating group) is 1. The Kier molecular flexibility index (Phi) is 6.60. The van der Waals surface area contributed by atoms with Crippen LogP contribution in [-0.4, -0.2) is 23.9 Å². The van der Waals surface area contributed by atoms with Crippen molar-refractivity contribution in [3.63, 3.8) is 0 Å². The first-order chi connectivity index (χ1) is 12.2. The Morgan fingerprint density at radius 3 is 2.04 bits per heavy atom. The zero-order valence-electron chi connectivity index (χ0n) is 17.2. The summed E-state index contributed by atoms with van der Waals surface area (Å²) in [6, 6.07) is 12.7. The second kappa shape index (κ2) is 8.50. The number of nitrogens with zero attached hydrogens (tertiary/aromatic N) is 1. The van der Waals surface area contributed by atoms with E-state index in [0.29, 0.717) is 5.92 Å². The van der Waals surface area contributed by atoms with Crippen molar-refractivity contribution in [1.29, 1.82) is 0 Å². The lowest BCUT2D eigenvalue weighted by Crippen LogP contribution is -2.39. The number of aryl methyl sites for hydroxylation is 3. The van der Waals surface area contributed by atoms with Crippen molar-refractivity contribution in [2.24, 2.45) is 0 Å². The van der Waals surface area contributed by atoms with Gasteiger partial charge in [-0.05, 0) is 62.9 Å². The van der Waals surface area contributed by atoms with Gasteiger partial charge in [0.2, 0.25) is 5.91 Å². The van der Waals surface area contributed by atoms with Gasteiger partial charge >= 0.3 is 0 Å². The molecule has 0 fully saturated rings. The van der Waals surface area contributed by atoms with E-state index < -0.39 is 0 Å². The maximum absolute atomic E-state index is 12.7. The van der Waals surface area contributed by atoms with Gasteiger partial charge in [0.15, 0.2) is 0 Å². The normalized spacial score (nSPS) is 12.5. The Hall–Kier alpha value is -2.13. The lowest BCUT2D eigenvalue weighted by molar-refractivity contribution is -0.120. The molecule has 26 heavy (non-hydrogen) atoms. The summed E-state index contributed by atoms with van der Waals surface area (Å²) >= 11 is 0. The van der Waals surface area contributed by atoms with Gasteiger partial charge in [-0.15, -0.1) is 0 Å².